The van der Waals surface area contributed by atoms with Gasteiger partial charge in [0.15, 0.2) is 0 Å². The maximum atomic E-state index is 9.16. The van der Waals surface area contributed by atoms with Gasteiger partial charge in [0.1, 0.15) is 0 Å². The molecule has 1 atom stereocenters. The molecule has 1 aliphatic rings. The van der Waals surface area contributed by atoms with Crippen LogP contribution in [0.4, 0.5) is 5.69 Å². The van der Waals surface area contributed by atoms with Crippen LogP contribution >= 0.6 is 0 Å². The molecule has 2 rings (SSSR count). The fourth-order valence-corrected chi connectivity index (χ4v) is 2.52. The summed E-state index contributed by atoms with van der Waals surface area (Å²) in [6, 6.07) is 7.04. The number of nitrogens with zero attached hydrogens (tertiary/aromatic N) is 1. The third-order valence-corrected chi connectivity index (χ3v) is 3.63. The molecule has 0 aliphatic carbocycles. The zero-order valence-electron chi connectivity index (χ0n) is 10.2. The largest absolute Gasteiger partial charge is 0.392 e. The highest BCUT2D eigenvalue weighted by Gasteiger charge is 2.18. The van der Waals surface area contributed by atoms with Crippen molar-refractivity contribution in [3.05, 3.63) is 29.3 Å². The van der Waals surface area contributed by atoms with E-state index in [1.165, 1.54) is 37.1 Å². The zero-order valence-corrected chi connectivity index (χ0v) is 10.2. The Morgan fingerprint density at radius 3 is 2.81 bits per heavy atom. The molecule has 0 amide bonds. The molecule has 0 spiro atoms. The summed E-state index contributed by atoms with van der Waals surface area (Å²) in [4.78, 5) is 2.48. The van der Waals surface area contributed by atoms with Crippen molar-refractivity contribution in [1.82, 2.24) is 0 Å². The molecule has 0 saturated carbocycles. The Balaban J connectivity index is 2.22. The van der Waals surface area contributed by atoms with Gasteiger partial charge in [-0.05, 0) is 56.4 Å². The predicted molar refractivity (Wildman–Crippen MR) is 67.8 cm³/mol. The summed E-state index contributed by atoms with van der Waals surface area (Å²) >= 11 is 0. The maximum Gasteiger partial charge on any atom is 0.0684 e. The summed E-state index contributed by atoms with van der Waals surface area (Å²) in [5, 5.41) is 9.16. The average Bonchev–Trinajstić information content (AvgIpc) is 2.29. The summed E-state index contributed by atoms with van der Waals surface area (Å²) in [6.45, 7) is 5.68. The highest BCUT2D eigenvalue weighted by Crippen LogP contribution is 2.26. The lowest BCUT2D eigenvalue weighted by Crippen LogP contribution is -2.37. The molecule has 1 N–H and O–H groups in total. The first-order valence-electron chi connectivity index (χ1n) is 6.19. The van der Waals surface area contributed by atoms with Crippen molar-refractivity contribution >= 4 is 5.69 Å². The van der Waals surface area contributed by atoms with Crippen molar-refractivity contribution in [2.75, 3.05) is 11.4 Å². The summed E-state index contributed by atoms with van der Waals surface area (Å²) in [5.74, 6) is 0. The van der Waals surface area contributed by atoms with E-state index in [0.29, 0.717) is 6.04 Å². The van der Waals surface area contributed by atoms with Gasteiger partial charge in [0.2, 0.25) is 0 Å². The van der Waals surface area contributed by atoms with E-state index >= 15 is 0 Å². The number of aryl methyl sites for hydroxylation is 1. The number of aliphatic hydroxyl groups is 1. The molecule has 16 heavy (non-hydrogen) atoms. The molecular formula is C14H21NO. The van der Waals surface area contributed by atoms with E-state index in [0.717, 1.165) is 5.56 Å². The smallest absolute Gasteiger partial charge is 0.0684 e. The lowest BCUT2D eigenvalue weighted by atomic mass is 10.0. The number of aliphatic hydroxyl groups excluding tert-OH is 1. The van der Waals surface area contributed by atoms with E-state index in [4.69, 9.17) is 5.11 Å². The van der Waals surface area contributed by atoms with Crippen LogP contribution in [0.5, 0.6) is 0 Å². The van der Waals surface area contributed by atoms with Gasteiger partial charge < -0.3 is 10.0 Å². The Hall–Kier alpha value is -1.02. The lowest BCUT2D eigenvalue weighted by Gasteiger charge is -2.35. The van der Waals surface area contributed by atoms with Crippen LogP contribution in [0.3, 0.4) is 0 Å². The molecule has 1 heterocycles. The summed E-state index contributed by atoms with van der Waals surface area (Å²) in [5.41, 5.74) is 3.54. The Bertz CT molecular complexity index is 362. The minimum Gasteiger partial charge on any atom is -0.392 e. The second-order valence-corrected chi connectivity index (χ2v) is 4.81. The standard InChI is InChI=1S/C14H21NO/c1-11-9-14(7-6-13(11)10-16)15-8-4-3-5-12(15)2/h6-7,9,12,16H,3-5,8,10H2,1-2H3. The van der Waals surface area contributed by atoms with E-state index < -0.39 is 0 Å². The number of piperidine rings is 1. The van der Waals surface area contributed by atoms with E-state index in [-0.39, 0.29) is 6.61 Å². The molecule has 1 aliphatic heterocycles. The maximum absolute atomic E-state index is 9.16. The normalized spacial score (nSPS) is 21.2. The Morgan fingerprint density at radius 1 is 1.38 bits per heavy atom. The first-order valence-corrected chi connectivity index (χ1v) is 6.19. The van der Waals surface area contributed by atoms with Crippen LogP contribution in [0.25, 0.3) is 0 Å². The van der Waals surface area contributed by atoms with E-state index in [1.54, 1.807) is 0 Å². The van der Waals surface area contributed by atoms with Crippen LogP contribution < -0.4 is 4.90 Å². The number of benzene rings is 1. The monoisotopic (exact) mass is 219 g/mol. The topological polar surface area (TPSA) is 23.5 Å². The Labute approximate surface area is 97.9 Å². The fraction of sp³-hybridized carbons (Fsp3) is 0.571. The van der Waals surface area contributed by atoms with E-state index in [1.807, 2.05) is 6.07 Å². The highest BCUT2D eigenvalue weighted by atomic mass is 16.3. The zero-order chi connectivity index (χ0) is 11.5. The second kappa shape index (κ2) is 4.88. The molecule has 88 valence electrons. The van der Waals surface area contributed by atoms with Gasteiger partial charge in [0.25, 0.3) is 0 Å². The highest BCUT2D eigenvalue weighted by molar-refractivity contribution is 5.51. The first-order chi connectivity index (χ1) is 7.72. The molecule has 0 aromatic heterocycles. The average molecular weight is 219 g/mol. The Kier molecular flexibility index (Phi) is 3.49. The van der Waals surface area contributed by atoms with Crippen LogP contribution in [0.15, 0.2) is 18.2 Å². The van der Waals surface area contributed by atoms with Crippen LogP contribution in [0.1, 0.15) is 37.3 Å². The van der Waals surface area contributed by atoms with Crippen molar-refractivity contribution in [1.29, 1.82) is 0 Å². The molecule has 0 radical (unpaired) electrons. The van der Waals surface area contributed by atoms with Gasteiger partial charge in [0.05, 0.1) is 6.61 Å². The first kappa shape index (κ1) is 11.5. The van der Waals surface area contributed by atoms with Gasteiger partial charge in [-0.2, -0.15) is 0 Å². The Morgan fingerprint density at radius 2 is 2.19 bits per heavy atom. The second-order valence-electron chi connectivity index (χ2n) is 4.81. The van der Waals surface area contributed by atoms with Gasteiger partial charge in [-0.1, -0.05) is 6.07 Å². The third-order valence-electron chi connectivity index (χ3n) is 3.63. The van der Waals surface area contributed by atoms with Crippen LogP contribution in [-0.4, -0.2) is 17.7 Å². The molecule has 1 fully saturated rings. The van der Waals surface area contributed by atoms with Gasteiger partial charge in [-0.15, -0.1) is 0 Å². The van der Waals surface area contributed by atoms with Crippen LogP contribution in [-0.2, 0) is 6.61 Å². The number of hydrogen-bond acceptors (Lipinski definition) is 2. The summed E-state index contributed by atoms with van der Waals surface area (Å²) in [6.07, 6.45) is 3.94. The van der Waals surface area contributed by atoms with Crippen molar-refractivity contribution in [2.24, 2.45) is 0 Å². The van der Waals surface area contributed by atoms with Crippen molar-refractivity contribution in [2.45, 2.75) is 45.8 Å². The van der Waals surface area contributed by atoms with Crippen LogP contribution in [0.2, 0.25) is 0 Å². The molecule has 2 heteroatoms. The SMILES string of the molecule is Cc1cc(N2CCCCC2C)ccc1CO. The summed E-state index contributed by atoms with van der Waals surface area (Å²) < 4.78 is 0. The van der Waals surface area contributed by atoms with E-state index in [9.17, 15) is 0 Å². The minimum atomic E-state index is 0.141. The van der Waals surface area contributed by atoms with Crippen molar-refractivity contribution < 1.29 is 5.11 Å². The molecule has 0 bridgehead atoms. The van der Waals surface area contributed by atoms with Gasteiger partial charge in [0, 0.05) is 18.3 Å². The number of hydrogen-bond donors (Lipinski definition) is 1. The third kappa shape index (κ3) is 2.22. The number of rotatable bonds is 2. The minimum absolute atomic E-state index is 0.141. The van der Waals surface area contributed by atoms with Crippen molar-refractivity contribution in [3.8, 4) is 0 Å². The molecule has 1 saturated heterocycles. The lowest BCUT2D eigenvalue weighted by molar-refractivity contribution is 0.281. The van der Waals surface area contributed by atoms with E-state index in [2.05, 4.69) is 30.9 Å². The van der Waals surface area contributed by atoms with Gasteiger partial charge >= 0.3 is 0 Å². The summed E-state index contributed by atoms with van der Waals surface area (Å²) in [7, 11) is 0. The van der Waals surface area contributed by atoms with Gasteiger partial charge in [-0.3, -0.25) is 0 Å². The molecule has 1 aromatic rings. The molecule has 1 aromatic carbocycles. The van der Waals surface area contributed by atoms with Crippen LogP contribution in [0, 0.1) is 6.92 Å². The van der Waals surface area contributed by atoms with Crippen molar-refractivity contribution in [3.63, 3.8) is 0 Å². The predicted octanol–water partition coefficient (Wildman–Crippen LogP) is 2.87. The molecule has 2 nitrogen and oxygen atoms in total. The fourth-order valence-electron chi connectivity index (χ4n) is 2.52. The number of anilines is 1. The molecule has 1 unspecified atom stereocenters. The van der Waals surface area contributed by atoms with Gasteiger partial charge in [-0.25, -0.2) is 0 Å². The quantitative estimate of drug-likeness (QED) is 0.826. The molecular weight excluding hydrogens is 198 g/mol.